The number of hydrogen-bond acceptors (Lipinski definition) is 2. The number of aromatic nitrogens is 1. The second-order valence-electron chi connectivity index (χ2n) is 8.35. The van der Waals surface area contributed by atoms with Crippen LogP contribution in [0, 0.1) is 5.41 Å². The van der Waals surface area contributed by atoms with Crippen LogP contribution >= 0.6 is 0 Å². The van der Waals surface area contributed by atoms with Gasteiger partial charge in [-0.3, -0.25) is 4.79 Å². The van der Waals surface area contributed by atoms with Crippen LogP contribution in [0.3, 0.4) is 0 Å². The zero-order valence-corrected chi connectivity index (χ0v) is 16.5. The lowest BCUT2D eigenvalue weighted by Crippen LogP contribution is -2.21. The molecule has 1 aliphatic carbocycles. The average Bonchev–Trinajstić information content (AvgIpc) is 3.32. The molecule has 0 saturated heterocycles. The summed E-state index contributed by atoms with van der Waals surface area (Å²) >= 11 is 0. The van der Waals surface area contributed by atoms with Gasteiger partial charge in [0.05, 0.1) is 17.4 Å². The number of aromatic amines is 1. The van der Waals surface area contributed by atoms with Crippen LogP contribution in [0.15, 0.2) is 48.7 Å². The molecule has 1 atom stereocenters. The second kappa shape index (κ2) is 7.47. The number of carbonyl (C=O) groups is 1. The highest BCUT2D eigenvalue weighted by Crippen LogP contribution is 2.46. The zero-order valence-electron chi connectivity index (χ0n) is 16.5. The maximum atomic E-state index is 12.7. The predicted octanol–water partition coefficient (Wildman–Crippen LogP) is 5.07. The Hall–Kier alpha value is -2.80. The van der Waals surface area contributed by atoms with E-state index < -0.39 is 17.8 Å². The van der Waals surface area contributed by atoms with Crippen molar-refractivity contribution in [3.8, 4) is 0 Å². The third kappa shape index (κ3) is 4.36. The summed E-state index contributed by atoms with van der Waals surface area (Å²) in [5, 5.41) is 14.3. The van der Waals surface area contributed by atoms with E-state index in [1.54, 1.807) is 6.20 Å². The predicted molar refractivity (Wildman–Crippen MR) is 109 cm³/mol. The minimum absolute atomic E-state index is 0.0103. The van der Waals surface area contributed by atoms with Crippen molar-refractivity contribution < 1.29 is 23.1 Å². The van der Waals surface area contributed by atoms with Crippen molar-refractivity contribution in [1.29, 1.82) is 0 Å². The molecule has 4 rings (SSSR count). The zero-order chi connectivity index (χ0) is 21.5. The summed E-state index contributed by atoms with van der Waals surface area (Å²) in [6.07, 6.45) is -0.949. The van der Waals surface area contributed by atoms with Gasteiger partial charge in [-0.2, -0.15) is 13.2 Å². The van der Waals surface area contributed by atoms with Crippen LogP contribution < -0.4 is 5.32 Å². The number of halogens is 3. The third-order valence-electron chi connectivity index (χ3n) is 5.77. The number of carbonyl (C=O) groups excluding carboxylic acids is 1. The van der Waals surface area contributed by atoms with E-state index in [4.69, 9.17) is 0 Å². The van der Waals surface area contributed by atoms with Crippen LogP contribution in [0.1, 0.15) is 36.5 Å². The van der Waals surface area contributed by atoms with E-state index in [1.807, 2.05) is 25.1 Å². The lowest BCUT2D eigenvalue weighted by atomic mass is 9.99. The number of H-pyrrole nitrogens is 1. The molecule has 30 heavy (non-hydrogen) atoms. The van der Waals surface area contributed by atoms with Gasteiger partial charge in [0, 0.05) is 22.5 Å². The van der Waals surface area contributed by atoms with Crippen molar-refractivity contribution in [2.45, 2.75) is 44.9 Å². The van der Waals surface area contributed by atoms with Gasteiger partial charge in [0.1, 0.15) is 0 Å². The third-order valence-corrected chi connectivity index (χ3v) is 5.77. The number of amides is 1. The van der Waals surface area contributed by atoms with Crippen molar-refractivity contribution in [2.75, 3.05) is 5.32 Å². The summed E-state index contributed by atoms with van der Waals surface area (Å²) in [6, 6.07) is 10.6. The minimum Gasteiger partial charge on any atom is -0.392 e. The van der Waals surface area contributed by atoms with Crippen LogP contribution in [0.25, 0.3) is 10.9 Å². The molecule has 1 unspecified atom stereocenters. The number of anilines is 1. The molecule has 3 N–H and O–H groups in total. The molecular formula is C23H23F3N2O2. The fraction of sp³-hybridized carbons (Fsp3) is 0.348. The van der Waals surface area contributed by atoms with Gasteiger partial charge in [-0.05, 0) is 61.1 Å². The molecule has 0 spiro atoms. The molecule has 1 fully saturated rings. The summed E-state index contributed by atoms with van der Waals surface area (Å²) in [5.41, 5.74) is 2.14. The van der Waals surface area contributed by atoms with Crippen LogP contribution in [-0.4, -0.2) is 22.1 Å². The number of rotatable bonds is 6. The number of nitrogens with one attached hydrogen (secondary N) is 2. The van der Waals surface area contributed by atoms with Gasteiger partial charge < -0.3 is 15.4 Å². The molecule has 7 heteroatoms. The van der Waals surface area contributed by atoms with Crippen molar-refractivity contribution in [1.82, 2.24) is 4.98 Å². The summed E-state index contributed by atoms with van der Waals surface area (Å²) in [7, 11) is 0. The molecule has 3 aromatic rings. The first-order valence-electron chi connectivity index (χ1n) is 9.90. The summed E-state index contributed by atoms with van der Waals surface area (Å²) in [5.74, 6) is 0.0103. The molecule has 158 valence electrons. The molecule has 1 aliphatic rings. The highest BCUT2D eigenvalue weighted by atomic mass is 19.4. The van der Waals surface area contributed by atoms with E-state index in [2.05, 4.69) is 10.3 Å². The molecule has 0 aliphatic heterocycles. The van der Waals surface area contributed by atoms with Gasteiger partial charge in [0.15, 0.2) is 0 Å². The number of aliphatic hydroxyl groups is 1. The first kappa shape index (κ1) is 20.5. The normalized spacial score (nSPS) is 16.4. The lowest BCUT2D eigenvalue weighted by molar-refractivity contribution is -0.137. The summed E-state index contributed by atoms with van der Waals surface area (Å²) in [6.45, 7) is 1.94. The largest absolute Gasteiger partial charge is 0.416 e. The number of fused-ring (bicyclic) bond motifs is 1. The van der Waals surface area contributed by atoms with Crippen LogP contribution in [0.5, 0.6) is 0 Å². The minimum atomic E-state index is -4.37. The molecule has 1 saturated carbocycles. The Morgan fingerprint density at radius 3 is 2.40 bits per heavy atom. The van der Waals surface area contributed by atoms with Gasteiger partial charge in [0.25, 0.3) is 0 Å². The standard InChI is InChI=1S/C23H23F3N2O2/c1-22(8-9-22)21(30)28-20-13-27-19-7-4-15(12-18(19)20)11-17(29)10-14-2-5-16(6-3-14)23(24,25)26/h2-7,12-13,17,27,29H,8-11H2,1H3,(H,28,30). The quantitative estimate of drug-likeness (QED) is 0.525. The van der Waals surface area contributed by atoms with Crippen molar-refractivity contribution in [3.05, 3.63) is 65.4 Å². The topological polar surface area (TPSA) is 65.1 Å². The van der Waals surface area contributed by atoms with Gasteiger partial charge >= 0.3 is 6.18 Å². The lowest BCUT2D eigenvalue weighted by Gasteiger charge is -2.13. The Morgan fingerprint density at radius 2 is 1.77 bits per heavy atom. The SMILES string of the molecule is CC1(C(=O)Nc2c[nH]c3ccc(CC(O)Cc4ccc(C(F)(F)F)cc4)cc23)CC1. The Kier molecular flexibility index (Phi) is 5.10. The van der Waals surface area contributed by atoms with Crippen LogP contribution in [0.2, 0.25) is 0 Å². The van der Waals surface area contributed by atoms with Gasteiger partial charge in [0.2, 0.25) is 5.91 Å². The highest BCUT2D eigenvalue weighted by molar-refractivity contribution is 6.04. The van der Waals surface area contributed by atoms with E-state index >= 15 is 0 Å². The van der Waals surface area contributed by atoms with E-state index in [0.29, 0.717) is 17.7 Å². The number of hydrogen-bond donors (Lipinski definition) is 3. The number of aliphatic hydroxyl groups excluding tert-OH is 1. The van der Waals surface area contributed by atoms with Gasteiger partial charge in [-0.1, -0.05) is 25.1 Å². The fourth-order valence-corrected chi connectivity index (χ4v) is 3.53. The number of alkyl halides is 3. The molecule has 0 radical (unpaired) electrons. The van der Waals surface area contributed by atoms with E-state index in [-0.39, 0.29) is 17.7 Å². The molecule has 0 bridgehead atoms. The van der Waals surface area contributed by atoms with E-state index in [9.17, 15) is 23.1 Å². The van der Waals surface area contributed by atoms with Crippen LogP contribution in [0.4, 0.5) is 18.9 Å². The maximum absolute atomic E-state index is 12.7. The molecule has 2 aromatic carbocycles. The monoisotopic (exact) mass is 416 g/mol. The summed E-state index contributed by atoms with van der Waals surface area (Å²) in [4.78, 5) is 15.5. The van der Waals surface area contributed by atoms with Crippen molar-refractivity contribution >= 4 is 22.5 Å². The second-order valence-corrected chi connectivity index (χ2v) is 8.35. The molecular weight excluding hydrogens is 393 g/mol. The Morgan fingerprint density at radius 1 is 1.13 bits per heavy atom. The molecule has 4 nitrogen and oxygen atoms in total. The van der Waals surface area contributed by atoms with Gasteiger partial charge in [-0.25, -0.2) is 0 Å². The Labute approximate surface area is 172 Å². The van der Waals surface area contributed by atoms with Crippen molar-refractivity contribution in [2.24, 2.45) is 5.41 Å². The molecule has 1 amide bonds. The average molecular weight is 416 g/mol. The molecule has 1 aromatic heterocycles. The first-order valence-corrected chi connectivity index (χ1v) is 9.90. The van der Waals surface area contributed by atoms with E-state index in [0.717, 1.165) is 41.4 Å². The Bertz CT molecular complexity index is 1070. The van der Waals surface area contributed by atoms with E-state index in [1.165, 1.54) is 12.1 Å². The summed E-state index contributed by atoms with van der Waals surface area (Å²) < 4.78 is 38.0. The first-order chi connectivity index (χ1) is 14.1. The smallest absolute Gasteiger partial charge is 0.392 e. The number of benzene rings is 2. The highest BCUT2D eigenvalue weighted by Gasteiger charge is 2.45. The van der Waals surface area contributed by atoms with Gasteiger partial charge in [-0.15, -0.1) is 0 Å². The maximum Gasteiger partial charge on any atom is 0.416 e. The fourth-order valence-electron chi connectivity index (χ4n) is 3.53. The Balaban J connectivity index is 1.44. The molecule has 1 heterocycles. The van der Waals surface area contributed by atoms with Crippen molar-refractivity contribution in [3.63, 3.8) is 0 Å². The van der Waals surface area contributed by atoms with Crippen LogP contribution in [-0.2, 0) is 23.8 Å².